The van der Waals surface area contributed by atoms with Crippen molar-refractivity contribution in [1.82, 2.24) is 5.32 Å². The van der Waals surface area contributed by atoms with E-state index in [0.29, 0.717) is 17.2 Å². The largest absolute Gasteiger partial charge is 0.453 e. The molecule has 0 aromatic heterocycles. The van der Waals surface area contributed by atoms with Crippen LogP contribution in [0.3, 0.4) is 0 Å². The second kappa shape index (κ2) is 3.45. The normalized spacial score (nSPS) is 12.4. The van der Waals surface area contributed by atoms with Gasteiger partial charge in [-0.25, -0.2) is 4.79 Å². The Hall–Kier alpha value is -1.91. The quantitative estimate of drug-likeness (QED) is 0.729. The van der Waals surface area contributed by atoms with Crippen LogP contribution in [0.2, 0.25) is 0 Å². The van der Waals surface area contributed by atoms with Crippen LogP contribution in [0.25, 0.3) is 0 Å². The average Bonchev–Trinajstić information content (AvgIpc) is 2.66. The van der Waals surface area contributed by atoms with Gasteiger partial charge in [0.15, 0.2) is 11.5 Å². The van der Waals surface area contributed by atoms with Gasteiger partial charge in [-0.15, -0.1) is 0 Å². The maximum absolute atomic E-state index is 11.0. The van der Waals surface area contributed by atoms with Crippen molar-refractivity contribution in [2.45, 2.75) is 0 Å². The maximum Gasteiger partial charge on any atom is 0.412 e. The molecule has 1 amide bonds. The van der Waals surface area contributed by atoms with Crippen LogP contribution in [0.4, 0.5) is 4.79 Å². The number of nitrogens with one attached hydrogen (secondary N) is 1. The molecule has 0 fully saturated rings. The first-order chi connectivity index (χ1) is 6.81. The van der Waals surface area contributed by atoms with Crippen LogP contribution < -0.4 is 19.5 Å². The SMILES string of the molecule is CNC(=O)Oc1cccc2c1OCO2. The summed E-state index contributed by atoms with van der Waals surface area (Å²) in [4.78, 5) is 11.0. The average molecular weight is 195 g/mol. The zero-order valence-electron chi connectivity index (χ0n) is 7.57. The summed E-state index contributed by atoms with van der Waals surface area (Å²) < 4.78 is 15.2. The van der Waals surface area contributed by atoms with Gasteiger partial charge in [0.25, 0.3) is 0 Å². The lowest BCUT2D eigenvalue weighted by Gasteiger charge is -2.05. The first-order valence-electron chi connectivity index (χ1n) is 4.09. The number of hydrogen-bond donors (Lipinski definition) is 1. The Morgan fingerprint density at radius 3 is 3.14 bits per heavy atom. The second-order valence-electron chi connectivity index (χ2n) is 2.63. The summed E-state index contributed by atoms with van der Waals surface area (Å²) in [5.41, 5.74) is 0. The number of amides is 1. The molecule has 5 heteroatoms. The molecule has 0 spiro atoms. The van der Waals surface area contributed by atoms with Gasteiger partial charge >= 0.3 is 6.09 Å². The molecule has 2 rings (SSSR count). The fraction of sp³-hybridized carbons (Fsp3) is 0.222. The molecule has 1 heterocycles. The first kappa shape index (κ1) is 8.68. The zero-order valence-corrected chi connectivity index (χ0v) is 7.57. The molecule has 0 saturated carbocycles. The monoisotopic (exact) mass is 195 g/mol. The van der Waals surface area contributed by atoms with E-state index in [9.17, 15) is 4.79 Å². The van der Waals surface area contributed by atoms with E-state index in [0.717, 1.165) is 0 Å². The van der Waals surface area contributed by atoms with Crippen LogP contribution >= 0.6 is 0 Å². The van der Waals surface area contributed by atoms with Crippen molar-refractivity contribution in [3.05, 3.63) is 18.2 Å². The van der Waals surface area contributed by atoms with Gasteiger partial charge in [0, 0.05) is 7.05 Å². The van der Waals surface area contributed by atoms with Gasteiger partial charge in [-0.3, -0.25) is 0 Å². The molecule has 74 valence electrons. The number of carbonyl (C=O) groups excluding carboxylic acids is 1. The van der Waals surface area contributed by atoms with Crippen molar-refractivity contribution in [3.8, 4) is 17.2 Å². The Bertz CT molecular complexity index is 364. The lowest BCUT2D eigenvalue weighted by atomic mass is 10.3. The molecule has 0 atom stereocenters. The molecule has 0 radical (unpaired) electrons. The number of benzene rings is 1. The third-order valence-electron chi connectivity index (χ3n) is 1.77. The highest BCUT2D eigenvalue weighted by atomic mass is 16.7. The van der Waals surface area contributed by atoms with E-state index in [4.69, 9.17) is 14.2 Å². The maximum atomic E-state index is 11.0. The molecule has 14 heavy (non-hydrogen) atoms. The Balaban J connectivity index is 2.26. The van der Waals surface area contributed by atoms with Crippen molar-refractivity contribution in [3.63, 3.8) is 0 Å². The van der Waals surface area contributed by atoms with Crippen LogP contribution in [0.5, 0.6) is 17.2 Å². The van der Waals surface area contributed by atoms with Crippen LogP contribution in [0, 0.1) is 0 Å². The minimum absolute atomic E-state index is 0.156. The zero-order chi connectivity index (χ0) is 9.97. The summed E-state index contributed by atoms with van der Waals surface area (Å²) >= 11 is 0. The topological polar surface area (TPSA) is 56.8 Å². The smallest absolute Gasteiger partial charge is 0.412 e. The predicted octanol–water partition coefficient (Wildman–Crippen LogP) is 1.13. The lowest BCUT2D eigenvalue weighted by Crippen LogP contribution is -2.22. The van der Waals surface area contributed by atoms with Gasteiger partial charge in [-0.2, -0.15) is 0 Å². The van der Waals surface area contributed by atoms with Gasteiger partial charge in [0.1, 0.15) is 0 Å². The van der Waals surface area contributed by atoms with Crippen molar-refractivity contribution in [2.75, 3.05) is 13.8 Å². The molecule has 0 aliphatic carbocycles. The summed E-state index contributed by atoms with van der Waals surface area (Å²) in [7, 11) is 1.49. The molecule has 0 unspecified atom stereocenters. The molecular formula is C9H9NO4. The Labute approximate surface area is 80.6 Å². The minimum Gasteiger partial charge on any atom is -0.453 e. The van der Waals surface area contributed by atoms with E-state index in [1.54, 1.807) is 18.2 Å². The molecular weight excluding hydrogens is 186 g/mol. The fourth-order valence-corrected chi connectivity index (χ4v) is 1.13. The summed E-state index contributed by atoms with van der Waals surface area (Å²) in [5.74, 6) is 1.42. The molecule has 1 aliphatic heterocycles. The van der Waals surface area contributed by atoms with Gasteiger partial charge in [-0.1, -0.05) is 6.07 Å². The predicted molar refractivity (Wildman–Crippen MR) is 47.6 cm³/mol. The van der Waals surface area contributed by atoms with Crippen LogP contribution in [0.15, 0.2) is 18.2 Å². The van der Waals surface area contributed by atoms with Gasteiger partial charge in [-0.05, 0) is 12.1 Å². The van der Waals surface area contributed by atoms with Crippen LogP contribution in [0.1, 0.15) is 0 Å². The highest BCUT2D eigenvalue weighted by Crippen LogP contribution is 2.40. The molecule has 1 aromatic carbocycles. The fourth-order valence-electron chi connectivity index (χ4n) is 1.13. The van der Waals surface area contributed by atoms with E-state index < -0.39 is 6.09 Å². The summed E-state index contributed by atoms with van der Waals surface area (Å²) in [6.45, 7) is 0.156. The highest BCUT2D eigenvalue weighted by Gasteiger charge is 2.19. The Kier molecular flexibility index (Phi) is 2.14. The number of para-hydroxylation sites is 1. The van der Waals surface area contributed by atoms with E-state index >= 15 is 0 Å². The first-order valence-corrected chi connectivity index (χ1v) is 4.09. The van der Waals surface area contributed by atoms with Crippen molar-refractivity contribution >= 4 is 6.09 Å². The van der Waals surface area contributed by atoms with E-state index in [-0.39, 0.29) is 6.79 Å². The Morgan fingerprint density at radius 2 is 2.36 bits per heavy atom. The van der Waals surface area contributed by atoms with Crippen LogP contribution in [-0.2, 0) is 0 Å². The molecule has 0 bridgehead atoms. The summed E-state index contributed by atoms with van der Waals surface area (Å²) in [5, 5.41) is 2.35. The van der Waals surface area contributed by atoms with Crippen LogP contribution in [-0.4, -0.2) is 19.9 Å². The third kappa shape index (κ3) is 1.44. The number of carbonyl (C=O) groups is 1. The summed E-state index contributed by atoms with van der Waals surface area (Å²) in [6, 6.07) is 5.12. The van der Waals surface area contributed by atoms with E-state index in [2.05, 4.69) is 5.32 Å². The highest BCUT2D eigenvalue weighted by molar-refractivity contribution is 5.71. The molecule has 1 N–H and O–H groups in total. The number of rotatable bonds is 1. The van der Waals surface area contributed by atoms with Gasteiger partial charge < -0.3 is 19.5 Å². The molecule has 1 aromatic rings. The number of fused-ring (bicyclic) bond motifs is 1. The molecule has 5 nitrogen and oxygen atoms in total. The standard InChI is InChI=1S/C9H9NO4/c1-10-9(11)14-7-4-2-3-6-8(7)13-5-12-6/h2-4H,5H2,1H3,(H,10,11). The van der Waals surface area contributed by atoms with E-state index in [1.165, 1.54) is 7.05 Å². The second-order valence-corrected chi connectivity index (χ2v) is 2.63. The minimum atomic E-state index is -0.533. The number of hydrogen-bond acceptors (Lipinski definition) is 4. The molecule has 0 saturated heterocycles. The summed E-state index contributed by atoms with van der Waals surface area (Å²) in [6.07, 6.45) is -0.533. The van der Waals surface area contributed by atoms with Gasteiger partial charge in [0.2, 0.25) is 12.5 Å². The number of ether oxygens (including phenoxy) is 3. The van der Waals surface area contributed by atoms with E-state index in [1.807, 2.05) is 0 Å². The van der Waals surface area contributed by atoms with Crippen molar-refractivity contribution < 1.29 is 19.0 Å². The van der Waals surface area contributed by atoms with Crippen molar-refractivity contribution in [2.24, 2.45) is 0 Å². The van der Waals surface area contributed by atoms with Gasteiger partial charge in [0.05, 0.1) is 0 Å². The third-order valence-corrected chi connectivity index (χ3v) is 1.77. The Morgan fingerprint density at radius 1 is 1.50 bits per heavy atom. The van der Waals surface area contributed by atoms with Crippen molar-refractivity contribution in [1.29, 1.82) is 0 Å². The molecule has 1 aliphatic rings. The lowest BCUT2D eigenvalue weighted by molar-refractivity contribution is 0.169.